The van der Waals surface area contributed by atoms with Crippen molar-refractivity contribution in [3.63, 3.8) is 0 Å². The summed E-state index contributed by atoms with van der Waals surface area (Å²) in [7, 11) is 1.96. The minimum absolute atomic E-state index is 0.348. The summed E-state index contributed by atoms with van der Waals surface area (Å²) in [5.41, 5.74) is 2.13. The molecule has 1 N–H and O–H groups in total. The van der Waals surface area contributed by atoms with Gasteiger partial charge in [0.05, 0.1) is 16.1 Å². The predicted octanol–water partition coefficient (Wildman–Crippen LogP) is 2.45. The van der Waals surface area contributed by atoms with Crippen LogP contribution in [0.1, 0.15) is 5.69 Å². The molecule has 0 unspecified atom stereocenters. The third kappa shape index (κ3) is 2.21. The van der Waals surface area contributed by atoms with E-state index in [1.807, 2.05) is 42.1 Å². The Morgan fingerprint density at radius 1 is 1.17 bits per heavy atom. The summed E-state index contributed by atoms with van der Waals surface area (Å²) in [6.07, 6.45) is 1.96. The second kappa shape index (κ2) is 5.31. The van der Waals surface area contributed by atoms with Gasteiger partial charge < -0.3 is 9.55 Å². The van der Waals surface area contributed by atoms with Gasteiger partial charge in [0.1, 0.15) is 5.69 Å². The summed E-state index contributed by atoms with van der Waals surface area (Å²) >= 11 is 1.40. The van der Waals surface area contributed by atoms with Crippen LogP contribution in [0.4, 0.5) is 0 Å². The second-order valence-corrected chi connectivity index (χ2v) is 6.45. The molecule has 0 saturated carbocycles. The highest BCUT2D eigenvalue weighted by Gasteiger charge is 2.13. The fraction of sp³-hybridized carbons (Fsp3) is 0.118. The Labute approximate surface area is 140 Å². The lowest BCUT2D eigenvalue weighted by molar-refractivity contribution is 0.859. The van der Waals surface area contributed by atoms with Gasteiger partial charge in [-0.05, 0) is 48.8 Å². The molecule has 0 amide bonds. The number of hydrogen-bond donors (Lipinski definition) is 1. The van der Waals surface area contributed by atoms with E-state index >= 15 is 0 Å². The minimum Gasteiger partial charge on any atom is -0.349 e. The summed E-state index contributed by atoms with van der Waals surface area (Å²) in [5.74, 6) is 0. The van der Waals surface area contributed by atoms with E-state index in [2.05, 4.69) is 9.36 Å². The van der Waals surface area contributed by atoms with E-state index in [-0.39, 0.29) is 5.56 Å². The molecular weight excluding hydrogens is 324 g/mol. The standard InChI is InChI=1S/C17H14N4O2S/c1-10-8-15(22)21(17(23)18-10)11-5-6-14-12(9-11)16(19-24-14)13-4-3-7-20(13)2/h3-9H,1-2H3,(H,18,23). The fourth-order valence-electron chi connectivity index (χ4n) is 2.81. The maximum absolute atomic E-state index is 12.2. The van der Waals surface area contributed by atoms with Crippen LogP contribution in [0.15, 0.2) is 52.2 Å². The first kappa shape index (κ1) is 14.6. The van der Waals surface area contributed by atoms with Crippen LogP contribution < -0.4 is 11.2 Å². The van der Waals surface area contributed by atoms with Crippen molar-refractivity contribution in [3.05, 3.63) is 69.1 Å². The molecule has 0 bridgehead atoms. The Morgan fingerprint density at radius 3 is 2.71 bits per heavy atom. The van der Waals surface area contributed by atoms with Crippen LogP contribution in [0.2, 0.25) is 0 Å². The molecule has 0 fully saturated rings. The Hall–Kier alpha value is -2.93. The zero-order valence-corrected chi connectivity index (χ0v) is 13.9. The number of benzene rings is 1. The van der Waals surface area contributed by atoms with Crippen LogP contribution in [-0.4, -0.2) is 18.5 Å². The maximum Gasteiger partial charge on any atom is 0.333 e. The van der Waals surface area contributed by atoms with Crippen molar-refractivity contribution in [1.29, 1.82) is 0 Å². The van der Waals surface area contributed by atoms with Crippen LogP contribution in [0, 0.1) is 6.92 Å². The number of hydrogen-bond acceptors (Lipinski definition) is 4. The third-order valence-corrected chi connectivity index (χ3v) is 4.79. The zero-order chi connectivity index (χ0) is 16.8. The minimum atomic E-state index is -0.442. The Balaban J connectivity index is 1.99. The predicted molar refractivity (Wildman–Crippen MR) is 95.0 cm³/mol. The zero-order valence-electron chi connectivity index (χ0n) is 13.1. The highest BCUT2D eigenvalue weighted by Crippen LogP contribution is 2.31. The van der Waals surface area contributed by atoms with Gasteiger partial charge in [0.15, 0.2) is 0 Å². The van der Waals surface area contributed by atoms with Crippen molar-refractivity contribution >= 4 is 21.6 Å². The molecule has 0 spiro atoms. The summed E-state index contributed by atoms with van der Waals surface area (Å²) < 4.78 is 8.68. The van der Waals surface area contributed by atoms with Crippen LogP contribution >= 0.6 is 11.5 Å². The van der Waals surface area contributed by atoms with Crippen LogP contribution in [0.3, 0.4) is 0 Å². The molecular formula is C17H14N4O2S. The number of nitrogens with one attached hydrogen (secondary N) is 1. The largest absolute Gasteiger partial charge is 0.349 e. The molecule has 24 heavy (non-hydrogen) atoms. The highest BCUT2D eigenvalue weighted by molar-refractivity contribution is 7.13. The SMILES string of the molecule is Cc1cc(=O)n(-c2ccc3snc(-c4cccn4C)c3c2)c(=O)[nH]1. The van der Waals surface area contributed by atoms with Crippen molar-refractivity contribution in [2.24, 2.45) is 7.05 Å². The first-order chi connectivity index (χ1) is 11.5. The molecule has 6 nitrogen and oxygen atoms in total. The van der Waals surface area contributed by atoms with E-state index in [4.69, 9.17) is 0 Å². The summed E-state index contributed by atoms with van der Waals surface area (Å²) in [4.78, 5) is 27.1. The van der Waals surface area contributed by atoms with Gasteiger partial charge in [-0.15, -0.1) is 0 Å². The molecule has 0 aliphatic carbocycles. The quantitative estimate of drug-likeness (QED) is 0.610. The van der Waals surface area contributed by atoms with Gasteiger partial charge >= 0.3 is 5.69 Å². The number of H-pyrrole nitrogens is 1. The van der Waals surface area contributed by atoms with E-state index < -0.39 is 5.69 Å². The number of nitrogens with zero attached hydrogens (tertiary/aromatic N) is 3. The van der Waals surface area contributed by atoms with E-state index in [0.29, 0.717) is 11.4 Å². The Bertz CT molecular complexity index is 1150. The molecule has 7 heteroatoms. The van der Waals surface area contributed by atoms with Crippen molar-refractivity contribution in [3.8, 4) is 17.1 Å². The van der Waals surface area contributed by atoms with Crippen LogP contribution in [-0.2, 0) is 7.05 Å². The number of aromatic amines is 1. The molecule has 4 rings (SSSR count). The average Bonchev–Trinajstić information content (AvgIpc) is 3.11. The topological polar surface area (TPSA) is 72.7 Å². The molecule has 0 aliphatic rings. The van der Waals surface area contributed by atoms with Crippen molar-refractivity contribution in [2.75, 3.05) is 0 Å². The molecule has 1 aromatic carbocycles. The second-order valence-electron chi connectivity index (χ2n) is 5.65. The lowest BCUT2D eigenvalue weighted by Crippen LogP contribution is -2.33. The van der Waals surface area contributed by atoms with E-state index in [9.17, 15) is 9.59 Å². The van der Waals surface area contributed by atoms with Gasteiger partial charge in [0.2, 0.25) is 0 Å². The average molecular weight is 338 g/mol. The van der Waals surface area contributed by atoms with Gasteiger partial charge in [-0.3, -0.25) is 4.79 Å². The molecule has 0 saturated heterocycles. The van der Waals surface area contributed by atoms with E-state index in [1.54, 1.807) is 13.0 Å². The van der Waals surface area contributed by atoms with Gasteiger partial charge in [-0.1, -0.05) is 0 Å². The smallest absolute Gasteiger partial charge is 0.333 e. The summed E-state index contributed by atoms with van der Waals surface area (Å²) in [6.45, 7) is 1.69. The van der Waals surface area contributed by atoms with Crippen molar-refractivity contribution < 1.29 is 0 Å². The maximum atomic E-state index is 12.2. The van der Waals surface area contributed by atoms with Gasteiger partial charge in [-0.25, -0.2) is 9.36 Å². The Morgan fingerprint density at radius 2 is 2.00 bits per heavy atom. The highest BCUT2D eigenvalue weighted by atomic mass is 32.1. The molecule has 3 heterocycles. The van der Waals surface area contributed by atoms with Crippen molar-refractivity contribution in [1.82, 2.24) is 18.5 Å². The normalized spacial score (nSPS) is 11.2. The number of aromatic nitrogens is 4. The molecule has 0 atom stereocenters. The Kier molecular flexibility index (Phi) is 3.24. The molecule has 4 aromatic rings. The van der Waals surface area contributed by atoms with Gasteiger partial charge in [-0.2, -0.15) is 4.37 Å². The molecule has 120 valence electrons. The van der Waals surface area contributed by atoms with Gasteiger partial charge in [0.25, 0.3) is 5.56 Å². The van der Waals surface area contributed by atoms with Gasteiger partial charge in [0, 0.05) is 30.4 Å². The van der Waals surface area contributed by atoms with Crippen LogP contribution in [0.25, 0.3) is 27.2 Å². The van der Waals surface area contributed by atoms with Crippen molar-refractivity contribution in [2.45, 2.75) is 6.92 Å². The number of fused-ring (bicyclic) bond motifs is 1. The molecule has 0 aliphatic heterocycles. The summed E-state index contributed by atoms with van der Waals surface area (Å²) in [6, 6.07) is 10.9. The monoisotopic (exact) mass is 338 g/mol. The van der Waals surface area contributed by atoms with Crippen LogP contribution in [0.5, 0.6) is 0 Å². The third-order valence-electron chi connectivity index (χ3n) is 3.97. The summed E-state index contributed by atoms with van der Waals surface area (Å²) in [5, 5.41) is 0.922. The lowest BCUT2D eigenvalue weighted by Gasteiger charge is -2.06. The lowest BCUT2D eigenvalue weighted by atomic mass is 10.1. The first-order valence-corrected chi connectivity index (χ1v) is 8.16. The van der Waals surface area contributed by atoms with E-state index in [0.717, 1.165) is 26.0 Å². The number of aryl methyl sites for hydroxylation is 2. The number of rotatable bonds is 2. The van der Waals surface area contributed by atoms with E-state index in [1.165, 1.54) is 17.6 Å². The molecule has 3 aromatic heterocycles. The fourth-order valence-corrected chi connectivity index (χ4v) is 3.58. The first-order valence-electron chi connectivity index (χ1n) is 7.39. The molecule has 0 radical (unpaired) electrons.